The van der Waals surface area contributed by atoms with Crippen molar-refractivity contribution >= 4 is 16.7 Å². The Bertz CT molecular complexity index is 1130. The van der Waals surface area contributed by atoms with E-state index < -0.39 is 29.6 Å². The topological polar surface area (TPSA) is 93.5 Å². The number of methoxy groups -OCH3 is 2. The van der Waals surface area contributed by atoms with Gasteiger partial charge in [-0.05, 0) is 32.4 Å². The Hall–Kier alpha value is -3.36. The van der Waals surface area contributed by atoms with Crippen molar-refractivity contribution in [3.63, 3.8) is 0 Å². The van der Waals surface area contributed by atoms with Crippen molar-refractivity contribution < 1.29 is 23.4 Å². The molecule has 1 amide bonds. The number of nitrogens with one attached hydrogen (secondary N) is 1. The molecule has 3 rings (SSSR count). The smallest absolute Gasteiger partial charge is 0.255 e. The molecule has 2 aromatic rings. The monoisotopic (exact) mass is 439 g/mol. The van der Waals surface area contributed by atoms with Gasteiger partial charge in [-0.15, -0.1) is 0 Å². The molecule has 1 N–H and O–H groups in total. The second-order valence-electron chi connectivity index (χ2n) is 8.05. The second kappa shape index (κ2) is 9.42. The maximum absolute atomic E-state index is 14.1. The van der Waals surface area contributed by atoms with Crippen molar-refractivity contribution in [1.82, 2.24) is 10.3 Å². The van der Waals surface area contributed by atoms with Gasteiger partial charge in [0.2, 0.25) is 5.88 Å². The van der Waals surface area contributed by atoms with Gasteiger partial charge in [0, 0.05) is 30.0 Å². The molecule has 8 heteroatoms. The van der Waals surface area contributed by atoms with Crippen molar-refractivity contribution in [2.75, 3.05) is 20.8 Å². The Morgan fingerprint density at radius 1 is 1.25 bits per heavy atom. The average molecular weight is 439 g/mol. The van der Waals surface area contributed by atoms with E-state index in [1.54, 1.807) is 25.4 Å². The lowest BCUT2D eigenvalue weighted by atomic mass is 9.97. The Morgan fingerprint density at radius 3 is 2.62 bits per heavy atom. The first-order valence-electron chi connectivity index (χ1n) is 10.3. The minimum absolute atomic E-state index is 0.0663. The summed E-state index contributed by atoms with van der Waals surface area (Å²) >= 11 is 0. The Morgan fingerprint density at radius 2 is 2.00 bits per heavy atom. The molecule has 0 aliphatic carbocycles. The Kier molecular flexibility index (Phi) is 6.86. The lowest BCUT2D eigenvalue weighted by Gasteiger charge is -2.19. The summed E-state index contributed by atoms with van der Waals surface area (Å²) in [5.41, 5.74) is 0.284. The van der Waals surface area contributed by atoms with Crippen LogP contribution in [0.1, 0.15) is 38.3 Å². The van der Waals surface area contributed by atoms with Crippen molar-refractivity contribution in [2.24, 2.45) is 5.92 Å². The number of carbonyl (C=O) groups excluding carboxylic acids is 1. The first kappa shape index (κ1) is 23.3. The highest BCUT2D eigenvalue weighted by Crippen LogP contribution is 2.33. The average Bonchev–Trinajstić information content (AvgIpc) is 3.07. The molecule has 0 radical (unpaired) electrons. The van der Waals surface area contributed by atoms with Crippen LogP contribution in [0.5, 0.6) is 11.6 Å². The van der Waals surface area contributed by atoms with E-state index in [1.165, 1.54) is 7.11 Å². The number of fused-ring (bicyclic) bond motifs is 1. The molecule has 1 saturated heterocycles. The van der Waals surface area contributed by atoms with Gasteiger partial charge in [0.25, 0.3) is 5.91 Å². The molecular weight excluding hydrogens is 413 g/mol. The van der Waals surface area contributed by atoms with E-state index in [0.29, 0.717) is 34.1 Å². The van der Waals surface area contributed by atoms with Crippen LogP contribution in [-0.2, 0) is 9.53 Å². The van der Waals surface area contributed by atoms with Crippen LogP contribution in [0.25, 0.3) is 10.8 Å². The van der Waals surface area contributed by atoms with Gasteiger partial charge in [-0.2, -0.15) is 5.26 Å². The molecule has 1 aromatic carbocycles. The largest absolute Gasteiger partial charge is 0.495 e. The van der Waals surface area contributed by atoms with Crippen molar-refractivity contribution in [3.05, 3.63) is 29.5 Å². The minimum atomic E-state index is -1.54. The summed E-state index contributed by atoms with van der Waals surface area (Å²) < 4.78 is 30.7. The zero-order valence-electron chi connectivity index (χ0n) is 18.8. The summed E-state index contributed by atoms with van der Waals surface area (Å²) in [6.07, 6.45) is 0.524. The van der Waals surface area contributed by atoms with Crippen molar-refractivity contribution in [2.45, 2.75) is 45.0 Å². The zero-order valence-corrected chi connectivity index (χ0v) is 18.8. The highest BCUT2D eigenvalue weighted by atomic mass is 19.1. The van der Waals surface area contributed by atoms with Crippen LogP contribution in [0.15, 0.2) is 18.3 Å². The number of carbonyl (C=O) groups is 1. The minimum Gasteiger partial charge on any atom is -0.495 e. The molecule has 1 aromatic heterocycles. The fraction of sp³-hybridized carbons (Fsp3) is 0.458. The lowest BCUT2D eigenvalue weighted by molar-refractivity contribution is -0.123. The number of halogens is 1. The number of hydrogen-bond donors (Lipinski definition) is 1. The lowest BCUT2D eigenvalue weighted by Crippen LogP contribution is -2.34. The van der Waals surface area contributed by atoms with E-state index >= 15 is 0 Å². The third-order valence-electron chi connectivity index (χ3n) is 5.64. The molecule has 7 nitrogen and oxygen atoms in total. The molecule has 1 aliphatic heterocycles. The summed E-state index contributed by atoms with van der Waals surface area (Å²) in [5.74, 6) is 5.69. The predicted molar refractivity (Wildman–Crippen MR) is 117 cm³/mol. The molecule has 2 heterocycles. The van der Waals surface area contributed by atoms with E-state index in [2.05, 4.69) is 28.2 Å². The number of hydrogen-bond acceptors (Lipinski definition) is 6. The highest BCUT2D eigenvalue weighted by Gasteiger charge is 2.41. The number of rotatable bonds is 6. The number of alkyl halides is 1. The van der Waals surface area contributed by atoms with Gasteiger partial charge in [-0.3, -0.25) is 4.79 Å². The number of benzene rings is 1. The molecule has 0 unspecified atom stereocenters. The molecular formula is C24H26FN3O4. The number of nitrogens with zero attached hydrogens (tertiary/aromatic N) is 2. The Labute approximate surface area is 186 Å². The van der Waals surface area contributed by atoms with Crippen LogP contribution in [0.2, 0.25) is 0 Å². The molecule has 0 spiro atoms. The number of ether oxygens (including phenoxy) is 3. The van der Waals surface area contributed by atoms with Gasteiger partial charge >= 0.3 is 0 Å². The molecule has 32 heavy (non-hydrogen) atoms. The number of nitriles is 1. The van der Waals surface area contributed by atoms with Gasteiger partial charge < -0.3 is 19.5 Å². The second-order valence-corrected chi connectivity index (χ2v) is 8.05. The van der Waals surface area contributed by atoms with Gasteiger partial charge in [-0.1, -0.05) is 18.8 Å². The summed E-state index contributed by atoms with van der Waals surface area (Å²) in [6, 6.07) is 5.01. The molecule has 0 saturated carbocycles. The van der Waals surface area contributed by atoms with E-state index in [0.717, 1.165) is 0 Å². The van der Waals surface area contributed by atoms with E-state index in [4.69, 9.17) is 14.2 Å². The van der Waals surface area contributed by atoms with Crippen LogP contribution in [0.4, 0.5) is 4.39 Å². The molecule has 0 bridgehead atoms. The summed E-state index contributed by atoms with van der Waals surface area (Å²) in [7, 11) is 3.05. The highest BCUT2D eigenvalue weighted by molar-refractivity contribution is 5.94. The normalized spacial score (nSPS) is 20.3. The molecule has 168 valence electrons. The van der Waals surface area contributed by atoms with Crippen molar-refractivity contribution in [1.29, 1.82) is 5.26 Å². The van der Waals surface area contributed by atoms with Crippen molar-refractivity contribution in [3.8, 4) is 29.5 Å². The molecule has 1 fully saturated rings. The first-order valence-corrected chi connectivity index (χ1v) is 10.3. The summed E-state index contributed by atoms with van der Waals surface area (Å²) in [5, 5.41) is 13.4. The van der Waals surface area contributed by atoms with Gasteiger partial charge in [0.05, 0.1) is 24.3 Å². The van der Waals surface area contributed by atoms with Crippen LogP contribution >= 0.6 is 0 Å². The fourth-order valence-corrected chi connectivity index (χ4v) is 3.57. The third kappa shape index (κ3) is 4.61. The number of amides is 1. The van der Waals surface area contributed by atoms with Crippen LogP contribution in [-0.4, -0.2) is 49.5 Å². The summed E-state index contributed by atoms with van der Waals surface area (Å²) in [6.45, 7) is 5.59. The predicted octanol–water partition coefficient (Wildman–Crippen LogP) is 3.13. The maximum atomic E-state index is 14.1. The van der Waals surface area contributed by atoms with Gasteiger partial charge in [-0.25, -0.2) is 9.37 Å². The first-order chi connectivity index (χ1) is 15.2. The molecule has 1 aliphatic rings. The molecule has 3 atom stereocenters. The number of pyridine rings is 1. The standard InChI is InChI=1S/C24H26FN3O4/c1-6-16-19(28-22(29)21(16)25)13-32-23-18-10-20(30-4)15(11-26)9-17(18)14(12-27-23)7-8-24(2,3)31-5/h9-10,12,16,19,21H,6,13H2,1-5H3,(H,28,29)/t16-,19+,21-/m0/s1. The van der Waals surface area contributed by atoms with E-state index in [-0.39, 0.29) is 12.5 Å². The fourth-order valence-electron chi connectivity index (χ4n) is 3.57. The van der Waals surface area contributed by atoms with Crippen LogP contribution < -0.4 is 14.8 Å². The van der Waals surface area contributed by atoms with Gasteiger partial charge in [0.1, 0.15) is 24.0 Å². The third-order valence-corrected chi connectivity index (χ3v) is 5.64. The quantitative estimate of drug-likeness (QED) is 0.695. The summed E-state index contributed by atoms with van der Waals surface area (Å²) in [4.78, 5) is 16.1. The number of aromatic nitrogens is 1. The van der Waals surface area contributed by atoms with Crippen LogP contribution in [0.3, 0.4) is 0 Å². The zero-order chi connectivity index (χ0) is 23.5. The van der Waals surface area contributed by atoms with Crippen LogP contribution in [0, 0.1) is 29.1 Å². The van der Waals surface area contributed by atoms with Gasteiger partial charge in [0.15, 0.2) is 6.17 Å². The van der Waals surface area contributed by atoms with E-state index in [1.807, 2.05) is 20.8 Å². The maximum Gasteiger partial charge on any atom is 0.255 e. The van der Waals surface area contributed by atoms with E-state index in [9.17, 15) is 14.4 Å². The Balaban J connectivity index is 2.03. The SMILES string of the molecule is CC[C@@H]1[C@H](F)C(=O)N[C@@H]1COc1ncc(C#CC(C)(C)OC)c2cc(C#N)c(OC)cc12.